The summed E-state index contributed by atoms with van der Waals surface area (Å²) in [4.78, 5) is 0. The SMILES string of the molecule is COc1ccc(COC[C@@H]2OC(C)(C)O[C@H]2CC(SC)S(C)=O)cc1. The van der Waals surface area contributed by atoms with Crippen LogP contribution in [0, 0.1) is 0 Å². The minimum atomic E-state index is -0.903. The maximum atomic E-state index is 11.8. The van der Waals surface area contributed by atoms with Crippen LogP contribution in [0.1, 0.15) is 25.8 Å². The number of hydrogen-bond donors (Lipinski definition) is 0. The first-order valence-corrected chi connectivity index (χ1v) is 11.2. The Balaban J connectivity index is 1.89. The molecule has 7 heteroatoms. The molecular weight excluding hydrogens is 360 g/mol. The summed E-state index contributed by atoms with van der Waals surface area (Å²) in [6.45, 7) is 4.75. The molecule has 0 aromatic heterocycles. The first kappa shape index (κ1) is 20.7. The van der Waals surface area contributed by atoms with Crippen LogP contribution in [-0.4, -0.2) is 53.0 Å². The second-order valence-electron chi connectivity index (χ2n) is 6.48. The smallest absolute Gasteiger partial charge is 0.163 e. The predicted molar refractivity (Wildman–Crippen MR) is 102 cm³/mol. The van der Waals surface area contributed by atoms with Gasteiger partial charge in [0.2, 0.25) is 0 Å². The molecule has 2 unspecified atom stereocenters. The van der Waals surface area contributed by atoms with Crippen molar-refractivity contribution in [3.05, 3.63) is 29.8 Å². The Morgan fingerprint density at radius 2 is 1.88 bits per heavy atom. The van der Waals surface area contributed by atoms with E-state index in [4.69, 9.17) is 18.9 Å². The van der Waals surface area contributed by atoms with Gasteiger partial charge in [-0.25, -0.2) is 0 Å². The standard InChI is InChI=1S/C18H28O5S2/c1-18(2)22-15(10-17(24-4)25(5)19)16(23-18)12-21-11-13-6-8-14(20-3)9-7-13/h6-9,15-17H,10-12H2,1-5H3/t15-,16-,17?,25?/m0/s1. The molecular formula is C18H28O5S2. The van der Waals surface area contributed by atoms with Crippen LogP contribution in [0.2, 0.25) is 0 Å². The number of benzene rings is 1. The van der Waals surface area contributed by atoms with Gasteiger partial charge in [0.25, 0.3) is 0 Å². The van der Waals surface area contributed by atoms with E-state index < -0.39 is 16.6 Å². The molecule has 0 amide bonds. The normalized spacial score (nSPS) is 24.8. The van der Waals surface area contributed by atoms with Crippen LogP contribution in [0.4, 0.5) is 0 Å². The average molecular weight is 389 g/mol. The van der Waals surface area contributed by atoms with Crippen molar-refractivity contribution in [2.45, 2.75) is 49.5 Å². The minimum Gasteiger partial charge on any atom is -0.497 e. The van der Waals surface area contributed by atoms with Crippen molar-refractivity contribution < 1.29 is 23.2 Å². The maximum Gasteiger partial charge on any atom is 0.163 e. The van der Waals surface area contributed by atoms with Crippen LogP contribution in [0.15, 0.2) is 24.3 Å². The van der Waals surface area contributed by atoms with E-state index in [1.54, 1.807) is 25.1 Å². The highest BCUT2D eigenvalue weighted by molar-refractivity contribution is 8.10. The molecule has 1 aliphatic rings. The largest absolute Gasteiger partial charge is 0.497 e. The zero-order chi connectivity index (χ0) is 18.4. The van der Waals surface area contributed by atoms with Crippen molar-refractivity contribution in [3.63, 3.8) is 0 Å². The summed E-state index contributed by atoms with van der Waals surface area (Å²) in [7, 11) is 0.746. The van der Waals surface area contributed by atoms with Crippen molar-refractivity contribution >= 4 is 22.6 Å². The molecule has 25 heavy (non-hydrogen) atoms. The zero-order valence-corrected chi connectivity index (χ0v) is 17.2. The lowest BCUT2D eigenvalue weighted by Gasteiger charge is -2.20. The molecule has 0 N–H and O–H groups in total. The highest BCUT2D eigenvalue weighted by atomic mass is 32.2. The fraction of sp³-hybridized carbons (Fsp3) is 0.667. The third-order valence-corrected chi connectivity index (χ3v) is 7.09. The van der Waals surface area contributed by atoms with Crippen LogP contribution in [0.3, 0.4) is 0 Å². The number of rotatable bonds is 9. The molecule has 1 aromatic carbocycles. The summed E-state index contributed by atoms with van der Waals surface area (Å²) >= 11 is 1.60. The first-order valence-electron chi connectivity index (χ1n) is 8.26. The lowest BCUT2D eigenvalue weighted by molar-refractivity contribution is -0.151. The van der Waals surface area contributed by atoms with Crippen molar-refractivity contribution in [3.8, 4) is 5.75 Å². The van der Waals surface area contributed by atoms with Gasteiger partial charge in [-0.15, -0.1) is 11.8 Å². The third-order valence-electron chi connectivity index (χ3n) is 4.05. The van der Waals surface area contributed by atoms with Gasteiger partial charge in [-0.1, -0.05) is 12.1 Å². The Labute approximate surface area is 157 Å². The number of thioether (sulfide) groups is 1. The van der Waals surface area contributed by atoms with Crippen molar-refractivity contribution in [2.75, 3.05) is 26.2 Å². The van der Waals surface area contributed by atoms with Crippen LogP contribution in [0.25, 0.3) is 0 Å². The van der Waals surface area contributed by atoms with E-state index in [0.717, 1.165) is 11.3 Å². The molecule has 0 aliphatic carbocycles. The van der Waals surface area contributed by atoms with E-state index in [2.05, 4.69) is 0 Å². The van der Waals surface area contributed by atoms with Gasteiger partial charge >= 0.3 is 0 Å². The fourth-order valence-electron chi connectivity index (χ4n) is 2.82. The van der Waals surface area contributed by atoms with Crippen LogP contribution in [0.5, 0.6) is 5.75 Å². The third kappa shape index (κ3) is 6.25. The first-order chi connectivity index (χ1) is 11.8. The molecule has 5 nitrogen and oxygen atoms in total. The molecule has 1 heterocycles. The second kappa shape index (κ2) is 9.37. The van der Waals surface area contributed by atoms with E-state index in [0.29, 0.717) is 19.6 Å². The van der Waals surface area contributed by atoms with Gasteiger partial charge < -0.3 is 18.9 Å². The Morgan fingerprint density at radius 3 is 2.44 bits per heavy atom. The quantitative estimate of drug-likeness (QED) is 0.648. The Bertz CT molecular complexity index is 561. The van der Waals surface area contributed by atoms with Gasteiger partial charge in [0.1, 0.15) is 11.9 Å². The summed E-state index contributed by atoms with van der Waals surface area (Å²) in [5.41, 5.74) is 1.08. The van der Waals surface area contributed by atoms with Crippen LogP contribution in [-0.2, 0) is 31.6 Å². The number of hydrogen-bond acceptors (Lipinski definition) is 6. The predicted octanol–water partition coefficient (Wildman–Crippen LogP) is 3.19. The molecule has 0 saturated carbocycles. The van der Waals surface area contributed by atoms with Gasteiger partial charge in [0.05, 0.1) is 31.0 Å². The van der Waals surface area contributed by atoms with Gasteiger partial charge in [-0.3, -0.25) is 4.21 Å². The highest BCUT2D eigenvalue weighted by Crippen LogP contribution is 2.33. The highest BCUT2D eigenvalue weighted by Gasteiger charge is 2.42. The zero-order valence-electron chi connectivity index (χ0n) is 15.5. The molecule has 0 spiro atoms. The Kier molecular flexibility index (Phi) is 7.76. The molecule has 1 aromatic rings. The van der Waals surface area contributed by atoms with Crippen LogP contribution >= 0.6 is 11.8 Å². The molecule has 0 bridgehead atoms. The van der Waals surface area contributed by atoms with Gasteiger partial charge in [0, 0.05) is 17.1 Å². The summed E-state index contributed by atoms with van der Waals surface area (Å²) in [5.74, 6) is 0.186. The summed E-state index contributed by atoms with van der Waals surface area (Å²) < 4.78 is 34.9. The lowest BCUT2D eigenvalue weighted by Crippen LogP contribution is -2.31. The van der Waals surface area contributed by atoms with Gasteiger partial charge in [-0.05, 0) is 44.2 Å². The van der Waals surface area contributed by atoms with E-state index in [-0.39, 0.29) is 16.8 Å². The van der Waals surface area contributed by atoms with Crippen molar-refractivity contribution in [1.29, 1.82) is 0 Å². The van der Waals surface area contributed by atoms with Gasteiger partial charge in [0.15, 0.2) is 5.79 Å². The fourth-order valence-corrected chi connectivity index (χ4v) is 4.75. The molecule has 4 atom stereocenters. The second-order valence-corrected chi connectivity index (χ2v) is 9.38. The number of ether oxygens (including phenoxy) is 4. The van der Waals surface area contributed by atoms with Crippen molar-refractivity contribution in [2.24, 2.45) is 0 Å². The Morgan fingerprint density at radius 1 is 1.24 bits per heavy atom. The molecule has 142 valence electrons. The number of methoxy groups -OCH3 is 1. The molecule has 2 rings (SSSR count). The molecule has 1 saturated heterocycles. The van der Waals surface area contributed by atoms with Crippen LogP contribution < -0.4 is 4.74 Å². The molecule has 1 aliphatic heterocycles. The maximum absolute atomic E-state index is 11.8. The minimum absolute atomic E-state index is 0.0339. The molecule has 0 radical (unpaired) electrons. The summed E-state index contributed by atoms with van der Waals surface area (Å²) in [6.07, 6.45) is 4.11. The topological polar surface area (TPSA) is 54.0 Å². The van der Waals surface area contributed by atoms with E-state index in [1.165, 1.54) is 0 Å². The van der Waals surface area contributed by atoms with Gasteiger partial charge in [-0.2, -0.15) is 0 Å². The average Bonchev–Trinajstić information content (AvgIpc) is 2.86. The van der Waals surface area contributed by atoms with Crippen molar-refractivity contribution in [1.82, 2.24) is 0 Å². The molecule has 1 fully saturated rings. The summed E-state index contributed by atoms with van der Waals surface area (Å²) in [6, 6.07) is 7.80. The van der Waals surface area contributed by atoms with E-state index in [1.807, 2.05) is 44.4 Å². The lowest BCUT2D eigenvalue weighted by atomic mass is 10.1. The summed E-state index contributed by atoms with van der Waals surface area (Å²) in [5, 5.41) is 0. The monoisotopic (exact) mass is 388 g/mol. The Hall–Kier alpha value is -0.600. The van der Waals surface area contributed by atoms with E-state index >= 15 is 0 Å². The van der Waals surface area contributed by atoms with E-state index in [9.17, 15) is 4.21 Å².